The zero-order chi connectivity index (χ0) is 8.97. The third-order valence-corrected chi connectivity index (χ3v) is 2.05. The van der Waals surface area contributed by atoms with E-state index >= 15 is 0 Å². The molecule has 12 heavy (non-hydrogen) atoms. The van der Waals surface area contributed by atoms with Gasteiger partial charge in [0.2, 0.25) is 0 Å². The first-order chi connectivity index (χ1) is 5.74. The minimum atomic E-state index is -0.350. The molecule has 2 N–H and O–H groups in total. The van der Waals surface area contributed by atoms with Gasteiger partial charge < -0.3 is 10.5 Å². The maximum Gasteiger partial charge on any atom is 0.348 e. The number of esters is 1. The summed E-state index contributed by atoms with van der Waals surface area (Å²) >= 11 is 1.22. The summed E-state index contributed by atoms with van der Waals surface area (Å²) in [5, 5.41) is 0.612. The standard InChI is InChI=1S/C8H9NO2S/c1-2-5-11-8(10)6-3-4-7(9)12-6/h2-4H,1,5,9H2. The van der Waals surface area contributed by atoms with Crippen molar-refractivity contribution in [2.45, 2.75) is 0 Å². The van der Waals surface area contributed by atoms with Gasteiger partial charge in [0, 0.05) is 0 Å². The highest BCUT2D eigenvalue weighted by Gasteiger charge is 2.07. The maximum absolute atomic E-state index is 11.1. The average molecular weight is 183 g/mol. The quantitative estimate of drug-likeness (QED) is 0.573. The van der Waals surface area contributed by atoms with Crippen molar-refractivity contribution in [3.8, 4) is 0 Å². The molecule has 0 aromatic carbocycles. The van der Waals surface area contributed by atoms with Gasteiger partial charge in [-0.05, 0) is 12.1 Å². The fourth-order valence-electron chi connectivity index (χ4n) is 0.668. The summed E-state index contributed by atoms with van der Waals surface area (Å²) < 4.78 is 4.79. The lowest BCUT2D eigenvalue weighted by Crippen LogP contribution is -2.02. The number of hydrogen-bond acceptors (Lipinski definition) is 4. The molecule has 0 atom stereocenters. The Bertz CT molecular complexity index is 293. The van der Waals surface area contributed by atoms with E-state index in [0.29, 0.717) is 9.88 Å². The van der Waals surface area contributed by atoms with E-state index in [1.54, 1.807) is 12.1 Å². The van der Waals surface area contributed by atoms with E-state index in [2.05, 4.69) is 6.58 Å². The lowest BCUT2D eigenvalue weighted by Gasteiger charge is -1.96. The summed E-state index contributed by atoms with van der Waals surface area (Å²) in [5.74, 6) is -0.350. The molecule has 0 bridgehead atoms. The Morgan fingerprint density at radius 2 is 2.50 bits per heavy atom. The molecule has 0 spiro atoms. The molecule has 4 heteroatoms. The van der Waals surface area contributed by atoms with Gasteiger partial charge in [-0.3, -0.25) is 0 Å². The van der Waals surface area contributed by atoms with Gasteiger partial charge in [-0.1, -0.05) is 12.7 Å². The fourth-order valence-corrected chi connectivity index (χ4v) is 1.34. The Morgan fingerprint density at radius 1 is 1.75 bits per heavy atom. The SMILES string of the molecule is C=CCOC(=O)c1ccc(N)s1. The van der Waals surface area contributed by atoms with E-state index in [-0.39, 0.29) is 12.6 Å². The predicted molar refractivity (Wildman–Crippen MR) is 49.2 cm³/mol. The molecular formula is C8H9NO2S. The van der Waals surface area contributed by atoms with E-state index in [4.69, 9.17) is 10.5 Å². The molecule has 0 radical (unpaired) electrons. The normalized spacial score (nSPS) is 9.33. The van der Waals surface area contributed by atoms with E-state index in [0.717, 1.165) is 0 Å². The number of nitrogen functional groups attached to an aromatic ring is 1. The summed E-state index contributed by atoms with van der Waals surface area (Å²) in [6, 6.07) is 3.32. The second-order valence-corrected chi connectivity index (χ2v) is 3.20. The minimum Gasteiger partial charge on any atom is -0.457 e. The van der Waals surface area contributed by atoms with Crippen molar-refractivity contribution >= 4 is 22.3 Å². The van der Waals surface area contributed by atoms with Crippen LogP contribution in [0.4, 0.5) is 5.00 Å². The second-order valence-electron chi connectivity index (χ2n) is 2.09. The van der Waals surface area contributed by atoms with Crippen molar-refractivity contribution in [3.63, 3.8) is 0 Å². The van der Waals surface area contributed by atoms with Crippen LogP contribution in [-0.4, -0.2) is 12.6 Å². The van der Waals surface area contributed by atoms with Crippen LogP contribution in [0.15, 0.2) is 24.8 Å². The van der Waals surface area contributed by atoms with E-state index in [1.807, 2.05) is 0 Å². The number of carbonyl (C=O) groups is 1. The largest absolute Gasteiger partial charge is 0.457 e. The third-order valence-electron chi connectivity index (χ3n) is 1.16. The number of ether oxygens (including phenoxy) is 1. The van der Waals surface area contributed by atoms with E-state index in [1.165, 1.54) is 17.4 Å². The molecule has 3 nitrogen and oxygen atoms in total. The molecule has 0 aliphatic rings. The molecule has 0 aliphatic heterocycles. The Morgan fingerprint density at radius 3 is 3.00 bits per heavy atom. The van der Waals surface area contributed by atoms with E-state index < -0.39 is 0 Å². The molecule has 1 heterocycles. The summed E-state index contributed by atoms with van der Waals surface area (Å²) in [7, 11) is 0. The second kappa shape index (κ2) is 3.92. The van der Waals surface area contributed by atoms with Crippen LogP contribution in [0.2, 0.25) is 0 Å². The smallest absolute Gasteiger partial charge is 0.348 e. The number of hydrogen-bond donors (Lipinski definition) is 1. The molecule has 0 unspecified atom stereocenters. The van der Waals surface area contributed by atoms with Crippen molar-refractivity contribution in [1.29, 1.82) is 0 Å². The molecule has 1 aromatic heterocycles. The highest BCUT2D eigenvalue weighted by molar-refractivity contribution is 7.17. The van der Waals surface area contributed by atoms with Crippen LogP contribution in [0.1, 0.15) is 9.67 Å². The Kier molecular flexibility index (Phi) is 2.88. The van der Waals surface area contributed by atoms with Crippen LogP contribution in [0.3, 0.4) is 0 Å². The Hall–Kier alpha value is -1.29. The van der Waals surface area contributed by atoms with Crippen LogP contribution in [0.25, 0.3) is 0 Å². The van der Waals surface area contributed by atoms with Gasteiger partial charge in [0.15, 0.2) is 0 Å². The van der Waals surface area contributed by atoms with Crippen LogP contribution >= 0.6 is 11.3 Å². The zero-order valence-corrected chi connectivity index (χ0v) is 7.26. The van der Waals surface area contributed by atoms with Crippen molar-refractivity contribution in [2.75, 3.05) is 12.3 Å². The lowest BCUT2D eigenvalue weighted by molar-refractivity contribution is 0.0555. The van der Waals surface area contributed by atoms with Crippen molar-refractivity contribution in [3.05, 3.63) is 29.7 Å². The number of rotatable bonds is 3. The Balaban J connectivity index is 2.59. The van der Waals surface area contributed by atoms with Gasteiger partial charge in [0.05, 0.1) is 5.00 Å². The van der Waals surface area contributed by atoms with Crippen LogP contribution in [-0.2, 0) is 4.74 Å². The average Bonchev–Trinajstić information content (AvgIpc) is 2.47. The molecular weight excluding hydrogens is 174 g/mol. The molecule has 1 aromatic rings. The highest BCUT2D eigenvalue weighted by atomic mass is 32.1. The summed E-state index contributed by atoms with van der Waals surface area (Å²) in [6.45, 7) is 3.67. The molecule has 64 valence electrons. The van der Waals surface area contributed by atoms with E-state index in [9.17, 15) is 4.79 Å². The highest BCUT2D eigenvalue weighted by Crippen LogP contribution is 2.18. The number of nitrogens with two attached hydrogens (primary N) is 1. The molecule has 0 saturated heterocycles. The topological polar surface area (TPSA) is 52.3 Å². The van der Waals surface area contributed by atoms with Crippen LogP contribution in [0, 0.1) is 0 Å². The van der Waals surface area contributed by atoms with Gasteiger partial charge in [-0.25, -0.2) is 4.79 Å². The fraction of sp³-hybridized carbons (Fsp3) is 0.125. The van der Waals surface area contributed by atoms with Gasteiger partial charge >= 0.3 is 5.97 Å². The first-order valence-electron chi connectivity index (χ1n) is 3.37. The number of carbonyl (C=O) groups excluding carboxylic acids is 1. The maximum atomic E-state index is 11.1. The van der Waals surface area contributed by atoms with Crippen molar-refractivity contribution in [1.82, 2.24) is 0 Å². The van der Waals surface area contributed by atoms with Crippen molar-refractivity contribution < 1.29 is 9.53 Å². The number of thiophene rings is 1. The summed E-state index contributed by atoms with van der Waals surface area (Å²) in [6.07, 6.45) is 1.52. The molecule has 0 aliphatic carbocycles. The van der Waals surface area contributed by atoms with Crippen LogP contribution in [0.5, 0.6) is 0 Å². The van der Waals surface area contributed by atoms with Gasteiger partial charge in [-0.2, -0.15) is 0 Å². The first-order valence-corrected chi connectivity index (χ1v) is 4.19. The van der Waals surface area contributed by atoms with Gasteiger partial charge in [0.1, 0.15) is 11.5 Å². The summed E-state index contributed by atoms with van der Waals surface area (Å²) in [5.41, 5.74) is 5.44. The zero-order valence-electron chi connectivity index (χ0n) is 6.45. The molecule has 1 rings (SSSR count). The molecule has 0 saturated carbocycles. The predicted octanol–water partition coefficient (Wildman–Crippen LogP) is 1.67. The van der Waals surface area contributed by atoms with Gasteiger partial charge in [-0.15, -0.1) is 11.3 Å². The molecule has 0 amide bonds. The molecule has 0 fully saturated rings. The van der Waals surface area contributed by atoms with Crippen LogP contribution < -0.4 is 5.73 Å². The van der Waals surface area contributed by atoms with Crippen molar-refractivity contribution in [2.24, 2.45) is 0 Å². The monoisotopic (exact) mass is 183 g/mol. The van der Waals surface area contributed by atoms with Gasteiger partial charge in [0.25, 0.3) is 0 Å². The number of anilines is 1. The minimum absolute atomic E-state index is 0.233. The summed E-state index contributed by atoms with van der Waals surface area (Å²) in [4.78, 5) is 11.6. The first kappa shape index (κ1) is 8.80. The Labute approximate surface area is 74.5 Å². The lowest BCUT2D eigenvalue weighted by atomic mass is 10.5. The third kappa shape index (κ3) is 2.10.